The topological polar surface area (TPSA) is 101 Å². The van der Waals surface area contributed by atoms with E-state index >= 15 is 0 Å². The fourth-order valence-corrected chi connectivity index (χ4v) is 1.23. The van der Waals surface area contributed by atoms with Crippen molar-refractivity contribution >= 4 is 12.0 Å². The van der Waals surface area contributed by atoms with Crippen molar-refractivity contribution in [2.75, 3.05) is 13.7 Å². The lowest BCUT2D eigenvalue weighted by molar-refractivity contribution is -0.140. The fraction of sp³-hybridized carbons (Fsp3) is 0.364. The maximum atomic E-state index is 11.4. The Morgan fingerprint density at radius 3 is 2.67 bits per heavy atom. The van der Waals surface area contributed by atoms with Crippen LogP contribution in [0.3, 0.4) is 0 Å². The van der Waals surface area contributed by atoms with Gasteiger partial charge in [0.2, 0.25) is 0 Å². The highest BCUT2D eigenvalue weighted by Gasteiger charge is 2.19. The second kappa shape index (κ2) is 7.23. The number of nitrogens with one attached hydrogen (secondary N) is 2. The first kappa shape index (κ1) is 13.9. The lowest BCUT2D eigenvalue weighted by atomic mass is 10.3. The second-order valence-electron chi connectivity index (χ2n) is 3.53. The summed E-state index contributed by atoms with van der Waals surface area (Å²) in [5.74, 6) is -1.14. The number of nitrogens with zero attached hydrogens (tertiary/aromatic N) is 1. The van der Waals surface area contributed by atoms with Crippen LogP contribution in [-0.2, 0) is 16.1 Å². The highest BCUT2D eigenvalue weighted by Crippen LogP contribution is 1.94. The number of carboxylic acids is 1. The number of carbonyl (C=O) groups is 2. The van der Waals surface area contributed by atoms with Crippen LogP contribution in [-0.4, -0.2) is 41.8 Å². The van der Waals surface area contributed by atoms with Gasteiger partial charge < -0.3 is 20.5 Å². The van der Waals surface area contributed by atoms with Crippen molar-refractivity contribution < 1.29 is 19.4 Å². The van der Waals surface area contributed by atoms with E-state index in [4.69, 9.17) is 9.84 Å². The van der Waals surface area contributed by atoms with Gasteiger partial charge >= 0.3 is 12.0 Å². The molecule has 1 heterocycles. The van der Waals surface area contributed by atoms with Gasteiger partial charge in [-0.3, -0.25) is 4.98 Å². The molecular formula is C11H15N3O4. The molecule has 0 saturated carbocycles. The second-order valence-corrected chi connectivity index (χ2v) is 3.53. The predicted octanol–water partition coefficient (Wildman–Crippen LogP) is -0.0196. The molecule has 2 amide bonds. The average molecular weight is 253 g/mol. The number of carboxylic acid groups (broad SMARTS) is 1. The van der Waals surface area contributed by atoms with Gasteiger partial charge in [0.05, 0.1) is 6.61 Å². The summed E-state index contributed by atoms with van der Waals surface area (Å²) in [6.07, 6.45) is 3.22. The third-order valence-electron chi connectivity index (χ3n) is 2.14. The van der Waals surface area contributed by atoms with E-state index in [1.54, 1.807) is 24.5 Å². The number of hydrogen-bond donors (Lipinski definition) is 3. The fourth-order valence-electron chi connectivity index (χ4n) is 1.23. The molecule has 18 heavy (non-hydrogen) atoms. The van der Waals surface area contributed by atoms with Crippen molar-refractivity contribution in [3.05, 3.63) is 30.1 Å². The SMILES string of the molecule is COCC(NC(=O)NCc1ccncc1)C(=O)O. The Kier molecular flexibility index (Phi) is 5.59. The molecule has 0 fully saturated rings. The van der Waals surface area contributed by atoms with Gasteiger partial charge in [0.15, 0.2) is 6.04 Å². The predicted molar refractivity (Wildman–Crippen MR) is 62.9 cm³/mol. The maximum absolute atomic E-state index is 11.4. The average Bonchev–Trinajstić information content (AvgIpc) is 2.37. The number of urea groups is 1. The summed E-state index contributed by atoms with van der Waals surface area (Å²) in [4.78, 5) is 26.1. The summed E-state index contributed by atoms with van der Waals surface area (Å²) in [6.45, 7) is 0.214. The van der Waals surface area contributed by atoms with E-state index in [9.17, 15) is 9.59 Å². The van der Waals surface area contributed by atoms with E-state index in [0.717, 1.165) is 5.56 Å². The summed E-state index contributed by atoms with van der Waals surface area (Å²) in [7, 11) is 1.37. The van der Waals surface area contributed by atoms with E-state index in [0.29, 0.717) is 6.54 Å². The largest absolute Gasteiger partial charge is 0.480 e. The summed E-state index contributed by atoms with van der Waals surface area (Å²) < 4.78 is 4.70. The van der Waals surface area contributed by atoms with Crippen molar-refractivity contribution in [1.82, 2.24) is 15.6 Å². The number of ether oxygens (including phenoxy) is 1. The quantitative estimate of drug-likeness (QED) is 0.661. The Balaban J connectivity index is 2.39. The van der Waals surface area contributed by atoms with Gasteiger partial charge in [0.1, 0.15) is 0 Å². The molecule has 0 radical (unpaired) electrons. The Morgan fingerprint density at radius 2 is 2.11 bits per heavy atom. The van der Waals surface area contributed by atoms with Crippen molar-refractivity contribution in [3.8, 4) is 0 Å². The molecule has 0 aliphatic carbocycles. The molecule has 0 aliphatic rings. The zero-order chi connectivity index (χ0) is 13.4. The molecule has 0 aromatic carbocycles. The highest BCUT2D eigenvalue weighted by atomic mass is 16.5. The van der Waals surface area contributed by atoms with Crippen LogP contribution < -0.4 is 10.6 Å². The molecule has 0 aliphatic heterocycles. The summed E-state index contributed by atoms with van der Waals surface area (Å²) in [5.41, 5.74) is 0.874. The number of carbonyl (C=O) groups excluding carboxylic acids is 1. The van der Waals surface area contributed by atoms with Crippen LogP contribution in [0.15, 0.2) is 24.5 Å². The number of amides is 2. The van der Waals surface area contributed by atoms with E-state index in [2.05, 4.69) is 15.6 Å². The molecule has 3 N–H and O–H groups in total. The Hall–Kier alpha value is -2.15. The van der Waals surface area contributed by atoms with Gasteiger partial charge in [-0.2, -0.15) is 0 Å². The van der Waals surface area contributed by atoms with Gasteiger partial charge in [-0.1, -0.05) is 0 Å². The molecular weight excluding hydrogens is 238 g/mol. The third kappa shape index (κ3) is 4.79. The van der Waals surface area contributed by atoms with Crippen LogP contribution >= 0.6 is 0 Å². The van der Waals surface area contributed by atoms with Crippen molar-refractivity contribution in [2.24, 2.45) is 0 Å². The minimum Gasteiger partial charge on any atom is -0.480 e. The lowest BCUT2D eigenvalue weighted by Crippen LogP contribution is -2.48. The number of methoxy groups -OCH3 is 1. The van der Waals surface area contributed by atoms with Crippen LogP contribution in [0.4, 0.5) is 4.79 Å². The van der Waals surface area contributed by atoms with Crippen LogP contribution in [0, 0.1) is 0 Å². The molecule has 1 aromatic rings. The minimum atomic E-state index is -1.14. The van der Waals surface area contributed by atoms with Gasteiger partial charge in [0, 0.05) is 26.0 Å². The van der Waals surface area contributed by atoms with E-state index in [1.807, 2.05) is 0 Å². The van der Waals surface area contributed by atoms with E-state index in [-0.39, 0.29) is 6.61 Å². The molecule has 7 heteroatoms. The molecule has 1 rings (SSSR count). The zero-order valence-corrected chi connectivity index (χ0v) is 9.92. The molecule has 1 aromatic heterocycles. The summed E-state index contributed by atoms with van der Waals surface area (Å²) in [5, 5.41) is 13.7. The van der Waals surface area contributed by atoms with E-state index in [1.165, 1.54) is 7.11 Å². The molecule has 0 bridgehead atoms. The standard InChI is InChI=1S/C11H15N3O4/c1-18-7-9(10(15)16)14-11(17)13-6-8-2-4-12-5-3-8/h2-5,9H,6-7H2,1H3,(H,15,16)(H2,13,14,17). The molecule has 98 valence electrons. The van der Waals surface area contributed by atoms with Gasteiger partial charge in [-0.25, -0.2) is 9.59 Å². The maximum Gasteiger partial charge on any atom is 0.328 e. The van der Waals surface area contributed by atoms with E-state index < -0.39 is 18.0 Å². The number of aromatic nitrogens is 1. The first-order valence-electron chi connectivity index (χ1n) is 5.28. The first-order valence-corrected chi connectivity index (χ1v) is 5.28. The monoisotopic (exact) mass is 253 g/mol. The van der Waals surface area contributed by atoms with Gasteiger partial charge in [-0.05, 0) is 17.7 Å². The number of hydrogen-bond acceptors (Lipinski definition) is 4. The molecule has 1 unspecified atom stereocenters. The van der Waals surface area contributed by atoms with Crippen LogP contribution in [0.25, 0.3) is 0 Å². The van der Waals surface area contributed by atoms with Crippen molar-refractivity contribution in [3.63, 3.8) is 0 Å². The van der Waals surface area contributed by atoms with Crippen molar-refractivity contribution in [1.29, 1.82) is 0 Å². The summed E-state index contributed by atoms with van der Waals surface area (Å²) in [6, 6.07) is 1.89. The molecule has 0 spiro atoms. The first-order chi connectivity index (χ1) is 8.63. The highest BCUT2D eigenvalue weighted by molar-refractivity contribution is 5.82. The Bertz CT molecular complexity index is 397. The molecule has 7 nitrogen and oxygen atoms in total. The van der Waals surface area contributed by atoms with Crippen LogP contribution in [0.5, 0.6) is 0 Å². The Morgan fingerprint density at radius 1 is 1.44 bits per heavy atom. The Labute approximate surface area is 104 Å². The van der Waals surface area contributed by atoms with Gasteiger partial charge in [-0.15, -0.1) is 0 Å². The van der Waals surface area contributed by atoms with Crippen LogP contribution in [0.2, 0.25) is 0 Å². The van der Waals surface area contributed by atoms with Crippen LogP contribution in [0.1, 0.15) is 5.56 Å². The van der Waals surface area contributed by atoms with Crippen molar-refractivity contribution in [2.45, 2.75) is 12.6 Å². The smallest absolute Gasteiger partial charge is 0.328 e. The van der Waals surface area contributed by atoms with Gasteiger partial charge in [0.25, 0.3) is 0 Å². The molecule has 1 atom stereocenters. The minimum absolute atomic E-state index is 0.0853. The number of rotatable bonds is 6. The molecule has 0 saturated heterocycles. The lowest BCUT2D eigenvalue weighted by Gasteiger charge is -2.14. The zero-order valence-electron chi connectivity index (χ0n) is 9.92. The number of pyridine rings is 1. The summed E-state index contributed by atoms with van der Waals surface area (Å²) >= 11 is 0. The normalized spacial score (nSPS) is 11.6. The third-order valence-corrected chi connectivity index (χ3v) is 2.14. The number of aliphatic carboxylic acids is 1.